The molecular formula is C19H24N2O2. The van der Waals surface area contributed by atoms with Gasteiger partial charge in [0.2, 0.25) is 0 Å². The Kier molecular flexibility index (Phi) is 4.74. The Balaban J connectivity index is 1.73. The summed E-state index contributed by atoms with van der Waals surface area (Å²) < 4.78 is 0. The van der Waals surface area contributed by atoms with Gasteiger partial charge in [0.25, 0.3) is 0 Å². The minimum Gasteiger partial charge on any atom is -0.309 e. The fourth-order valence-corrected chi connectivity index (χ4v) is 3.49. The molecule has 23 heavy (non-hydrogen) atoms. The lowest BCUT2D eigenvalue weighted by Gasteiger charge is -2.20. The molecule has 3 rings (SSSR count). The van der Waals surface area contributed by atoms with Gasteiger partial charge in [0.1, 0.15) is 0 Å². The highest BCUT2D eigenvalue weighted by atomic mass is 16.1. The predicted octanol–water partition coefficient (Wildman–Crippen LogP) is 2.41. The molecule has 2 aliphatic rings. The maximum Gasteiger partial charge on any atom is 0.190 e. The number of fused-ring (bicyclic) bond motifs is 1. The van der Waals surface area contributed by atoms with Crippen molar-refractivity contribution in [2.45, 2.75) is 19.3 Å². The first kappa shape index (κ1) is 16.1. The third kappa shape index (κ3) is 3.28. The molecule has 0 fully saturated rings. The second-order valence-corrected chi connectivity index (χ2v) is 6.66. The molecule has 0 aromatic heterocycles. The monoisotopic (exact) mass is 312 g/mol. The molecule has 4 nitrogen and oxygen atoms in total. The minimum atomic E-state index is 0.0605. The van der Waals surface area contributed by atoms with Crippen LogP contribution in [0.5, 0.6) is 0 Å². The van der Waals surface area contributed by atoms with Crippen LogP contribution in [0.3, 0.4) is 0 Å². The van der Waals surface area contributed by atoms with E-state index in [2.05, 4.69) is 23.9 Å². The average Bonchev–Trinajstić information content (AvgIpc) is 2.75. The van der Waals surface area contributed by atoms with E-state index in [0.29, 0.717) is 24.0 Å². The first-order valence-electron chi connectivity index (χ1n) is 8.35. The van der Waals surface area contributed by atoms with E-state index in [9.17, 15) is 9.59 Å². The third-order valence-corrected chi connectivity index (χ3v) is 4.76. The van der Waals surface area contributed by atoms with Gasteiger partial charge < -0.3 is 9.80 Å². The summed E-state index contributed by atoms with van der Waals surface area (Å²) in [7, 11) is 4.16. The molecule has 4 heteroatoms. The Hall–Kier alpha value is -1.78. The number of benzene rings is 1. The molecule has 1 aromatic carbocycles. The van der Waals surface area contributed by atoms with Gasteiger partial charge in [-0.2, -0.15) is 0 Å². The molecule has 0 N–H and O–H groups in total. The molecule has 1 aromatic rings. The molecule has 0 atom stereocenters. The van der Waals surface area contributed by atoms with Crippen LogP contribution in [0.1, 0.15) is 40.0 Å². The van der Waals surface area contributed by atoms with E-state index in [1.807, 2.05) is 12.1 Å². The summed E-state index contributed by atoms with van der Waals surface area (Å²) >= 11 is 0. The normalized spacial score (nSPS) is 18.9. The van der Waals surface area contributed by atoms with Gasteiger partial charge in [0, 0.05) is 35.4 Å². The van der Waals surface area contributed by atoms with Crippen molar-refractivity contribution in [2.75, 3.05) is 40.3 Å². The second-order valence-electron chi connectivity index (χ2n) is 6.66. The van der Waals surface area contributed by atoms with E-state index in [0.717, 1.165) is 43.7 Å². The minimum absolute atomic E-state index is 0.0605. The summed E-state index contributed by atoms with van der Waals surface area (Å²) in [6, 6.07) is 7.22. The molecule has 0 saturated heterocycles. The van der Waals surface area contributed by atoms with Crippen molar-refractivity contribution in [1.82, 2.24) is 9.80 Å². The van der Waals surface area contributed by atoms with Crippen molar-refractivity contribution < 1.29 is 9.59 Å². The highest BCUT2D eigenvalue weighted by Crippen LogP contribution is 2.31. The Bertz CT molecular complexity index is 612. The fraction of sp³-hybridized carbons (Fsp3) is 0.474. The first-order chi connectivity index (χ1) is 11.1. The zero-order chi connectivity index (χ0) is 16.4. The van der Waals surface area contributed by atoms with Crippen LogP contribution in [0.25, 0.3) is 0 Å². The smallest absolute Gasteiger partial charge is 0.190 e. The fourth-order valence-electron chi connectivity index (χ4n) is 3.49. The molecular weight excluding hydrogens is 288 g/mol. The number of hydrogen-bond donors (Lipinski definition) is 0. The van der Waals surface area contributed by atoms with Crippen LogP contribution >= 0.6 is 0 Å². The molecule has 0 bridgehead atoms. The van der Waals surface area contributed by atoms with E-state index in [-0.39, 0.29) is 11.6 Å². The quantitative estimate of drug-likeness (QED) is 0.856. The van der Waals surface area contributed by atoms with Gasteiger partial charge in [-0.05, 0) is 46.4 Å². The Morgan fingerprint density at radius 1 is 0.957 bits per heavy atom. The number of ketones is 2. The molecule has 1 aliphatic carbocycles. The van der Waals surface area contributed by atoms with Gasteiger partial charge in [0.15, 0.2) is 11.6 Å². The van der Waals surface area contributed by atoms with Gasteiger partial charge in [0.05, 0.1) is 0 Å². The number of carbonyl (C=O) groups excluding carboxylic acids is 2. The highest BCUT2D eigenvalue weighted by molar-refractivity contribution is 6.26. The summed E-state index contributed by atoms with van der Waals surface area (Å²) in [5, 5.41) is 0. The van der Waals surface area contributed by atoms with Gasteiger partial charge in [-0.1, -0.05) is 24.3 Å². The Morgan fingerprint density at radius 3 is 1.96 bits per heavy atom. The summed E-state index contributed by atoms with van der Waals surface area (Å²) in [5.41, 5.74) is 2.67. The van der Waals surface area contributed by atoms with Crippen molar-refractivity contribution in [3.63, 3.8) is 0 Å². The van der Waals surface area contributed by atoms with Gasteiger partial charge in [-0.3, -0.25) is 9.59 Å². The van der Waals surface area contributed by atoms with E-state index in [4.69, 9.17) is 0 Å². The van der Waals surface area contributed by atoms with Crippen LogP contribution in [0, 0.1) is 0 Å². The third-order valence-electron chi connectivity index (χ3n) is 4.76. The largest absolute Gasteiger partial charge is 0.309 e. The van der Waals surface area contributed by atoms with Crippen LogP contribution in [0.15, 0.2) is 35.4 Å². The molecule has 0 spiro atoms. The van der Waals surface area contributed by atoms with E-state index >= 15 is 0 Å². The van der Waals surface area contributed by atoms with E-state index < -0.39 is 0 Å². The van der Waals surface area contributed by atoms with Crippen LogP contribution in [-0.2, 0) is 0 Å². The van der Waals surface area contributed by atoms with Crippen molar-refractivity contribution in [3.05, 3.63) is 46.5 Å². The molecule has 0 radical (unpaired) electrons. The number of carbonyl (C=O) groups is 2. The van der Waals surface area contributed by atoms with Crippen LogP contribution < -0.4 is 0 Å². The number of Topliss-reactive ketones (excluding diaryl/α,β-unsaturated/α-hetero) is 2. The molecule has 0 amide bonds. The lowest BCUT2D eigenvalue weighted by molar-refractivity contribution is 0.0970. The maximum atomic E-state index is 12.7. The maximum absolute atomic E-state index is 12.7. The van der Waals surface area contributed by atoms with Crippen LogP contribution in [0.4, 0.5) is 0 Å². The van der Waals surface area contributed by atoms with Gasteiger partial charge in [-0.15, -0.1) is 0 Å². The Labute approximate surface area is 137 Å². The Morgan fingerprint density at radius 2 is 1.48 bits per heavy atom. The highest BCUT2D eigenvalue weighted by Gasteiger charge is 2.33. The standard InChI is InChI=1S/C19H24N2O2/c1-20(2)10-5-11-21-12-8-16-17(9-13-21)19(23)15-7-4-3-6-14(15)18(16)22/h3-4,6-7H,5,8-13H2,1-2H3. The molecule has 1 heterocycles. The lowest BCUT2D eigenvalue weighted by atomic mass is 9.82. The zero-order valence-corrected chi connectivity index (χ0v) is 14.0. The van der Waals surface area contributed by atoms with Crippen LogP contribution in [0.2, 0.25) is 0 Å². The SMILES string of the molecule is CN(C)CCCN1CCC2=C(CC1)C(=O)c1ccccc1C2=O. The van der Waals surface area contributed by atoms with Crippen molar-refractivity contribution in [1.29, 1.82) is 0 Å². The molecule has 0 unspecified atom stereocenters. The predicted molar refractivity (Wildman–Crippen MR) is 91.0 cm³/mol. The van der Waals surface area contributed by atoms with Gasteiger partial charge >= 0.3 is 0 Å². The molecule has 0 saturated carbocycles. The summed E-state index contributed by atoms with van der Waals surface area (Å²) in [4.78, 5) is 30.0. The summed E-state index contributed by atoms with van der Waals surface area (Å²) in [5.74, 6) is 0.121. The van der Waals surface area contributed by atoms with Crippen LogP contribution in [-0.4, -0.2) is 61.6 Å². The van der Waals surface area contributed by atoms with E-state index in [1.54, 1.807) is 12.1 Å². The van der Waals surface area contributed by atoms with E-state index in [1.165, 1.54) is 0 Å². The first-order valence-corrected chi connectivity index (χ1v) is 8.35. The number of rotatable bonds is 4. The zero-order valence-electron chi connectivity index (χ0n) is 14.0. The summed E-state index contributed by atoms with van der Waals surface area (Å²) in [6.45, 7) is 3.82. The van der Waals surface area contributed by atoms with Crippen molar-refractivity contribution >= 4 is 11.6 Å². The second kappa shape index (κ2) is 6.77. The van der Waals surface area contributed by atoms with Gasteiger partial charge in [-0.25, -0.2) is 0 Å². The molecule has 1 aliphatic heterocycles. The molecule has 122 valence electrons. The topological polar surface area (TPSA) is 40.6 Å². The lowest BCUT2D eigenvalue weighted by Crippen LogP contribution is -2.28. The summed E-state index contributed by atoms with van der Waals surface area (Å²) in [6.07, 6.45) is 2.49. The van der Waals surface area contributed by atoms with Crippen molar-refractivity contribution in [2.24, 2.45) is 0 Å². The average molecular weight is 312 g/mol. The number of nitrogens with zero attached hydrogens (tertiary/aromatic N) is 2. The number of hydrogen-bond acceptors (Lipinski definition) is 4. The van der Waals surface area contributed by atoms with Crippen molar-refractivity contribution in [3.8, 4) is 0 Å².